The Kier molecular flexibility index (Phi) is 6.73. The lowest BCUT2D eigenvalue weighted by Gasteiger charge is -2.30. The number of para-hydroxylation sites is 1. The van der Waals surface area contributed by atoms with E-state index in [0.717, 1.165) is 65.4 Å². The molecule has 2 aromatic heterocycles. The van der Waals surface area contributed by atoms with E-state index < -0.39 is 0 Å². The van der Waals surface area contributed by atoms with Crippen LogP contribution in [0, 0.1) is 5.82 Å². The first-order valence-electron chi connectivity index (χ1n) is 13.8. The Morgan fingerprint density at radius 1 is 1.10 bits per heavy atom. The van der Waals surface area contributed by atoms with E-state index in [-0.39, 0.29) is 17.9 Å². The van der Waals surface area contributed by atoms with Crippen LogP contribution in [-0.4, -0.2) is 56.3 Å². The van der Waals surface area contributed by atoms with Crippen molar-refractivity contribution >= 4 is 39.6 Å². The molecule has 0 spiro atoms. The van der Waals surface area contributed by atoms with Gasteiger partial charge in [0.1, 0.15) is 17.5 Å². The van der Waals surface area contributed by atoms with Gasteiger partial charge in [0.05, 0.1) is 60.5 Å². The van der Waals surface area contributed by atoms with E-state index >= 15 is 0 Å². The second-order valence-corrected chi connectivity index (χ2v) is 11.1. The van der Waals surface area contributed by atoms with Gasteiger partial charge in [-0.15, -0.1) is 0 Å². The van der Waals surface area contributed by atoms with Gasteiger partial charge in [-0.1, -0.05) is 29.8 Å². The lowest BCUT2D eigenvalue weighted by Crippen LogP contribution is -2.35. The van der Waals surface area contributed by atoms with E-state index in [1.54, 1.807) is 18.2 Å². The second-order valence-electron chi connectivity index (χ2n) is 10.7. The van der Waals surface area contributed by atoms with Crippen molar-refractivity contribution < 1.29 is 18.7 Å². The molecule has 3 aromatic carbocycles. The van der Waals surface area contributed by atoms with E-state index in [1.807, 2.05) is 24.3 Å². The Bertz CT molecular complexity index is 1790. The third kappa shape index (κ3) is 4.88. The first-order valence-corrected chi connectivity index (χ1v) is 14.2. The molecule has 0 aliphatic carbocycles. The molecule has 0 bridgehead atoms. The van der Waals surface area contributed by atoms with Crippen molar-refractivity contribution in [1.82, 2.24) is 24.0 Å². The number of rotatable bonds is 7. The number of benzene rings is 3. The first kappa shape index (κ1) is 26.1. The fourth-order valence-corrected chi connectivity index (χ4v) is 6.02. The van der Waals surface area contributed by atoms with Gasteiger partial charge in [0.25, 0.3) is 0 Å². The number of hydrogen-bond donors (Lipinski definition) is 0. The van der Waals surface area contributed by atoms with E-state index in [0.29, 0.717) is 42.2 Å². The molecule has 0 N–H and O–H groups in total. The molecule has 210 valence electrons. The summed E-state index contributed by atoms with van der Waals surface area (Å²) in [5, 5.41) is 0.389. The zero-order valence-corrected chi connectivity index (χ0v) is 23.4. The highest BCUT2D eigenvalue weighted by Crippen LogP contribution is 2.28. The van der Waals surface area contributed by atoms with Gasteiger partial charge in [-0.25, -0.2) is 19.2 Å². The van der Waals surface area contributed by atoms with Gasteiger partial charge in [0.15, 0.2) is 0 Å². The fourth-order valence-electron chi connectivity index (χ4n) is 5.87. The summed E-state index contributed by atoms with van der Waals surface area (Å²) < 4.78 is 29.7. The largest absolute Gasteiger partial charge is 0.465 e. The monoisotopic (exact) mass is 573 g/mol. The summed E-state index contributed by atoms with van der Waals surface area (Å²) in [4.78, 5) is 24.6. The van der Waals surface area contributed by atoms with Crippen LogP contribution >= 0.6 is 11.6 Å². The molecule has 10 heteroatoms. The van der Waals surface area contributed by atoms with Crippen molar-refractivity contribution in [3.05, 3.63) is 93.8 Å². The zero-order valence-electron chi connectivity index (χ0n) is 22.6. The number of esters is 1. The minimum atomic E-state index is -0.366. The summed E-state index contributed by atoms with van der Waals surface area (Å²) in [5.74, 6) is 1.24. The molecule has 1 saturated heterocycles. The van der Waals surface area contributed by atoms with Crippen LogP contribution in [0.5, 0.6) is 0 Å². The molecule has 2 aliphatic rings. The predicted molar refractivity (Wildman–Crippen MR) is 153 cm³/mol. The van der Waals surface area contributed by atoms with Crippen LogP contribution in [0.4, 0.5) is 4.39 Å². The van der Waals surface area contributed by atoms with Gasteiger partial charge in [-0.3, -0.25) is 4.90 Å². The van der Waals surface area contributed by atoms with Crippen molar-refractivity contribution in [2.45, 2.75) is 45.1 Å². The summed E-state index contributed by atoms with van der Waals surface area (Å²) in [6, 6.07) is 16.4. The number of ether oxygens (including phenoxy) is 2. The number of halogens is 2. The Morgan fingerprint density at radius 3 is 2.76 bits per heavy atom. The molecule has 7 rings (SSSR count). The summed E-state index contributed by atoms with van der Waals surface area (Å²) in [5.41, 5.74) is 5.81. The molecule has 0 unspecified atom stereocenters. The minimum Gasteiger partial charge on any atom is -0.465 e. The number of nitrogens with zero attached hydrogens (tertiary/aromatic N) is 5. The third-order valence-corrected chi connectivity index (χ3v) is 8.37. The van der Waals surface area contributed by atoms with Gasteiger partial charge in [0.2, 0.25) is 0 Å². The third-order valence-electron chi connectivity index (χ3n) is 8.14. The maximum absolute atomic E-state index is 14.6. The van der Waals surface area contributed by atoms with Crippen molar-refractivity contribution in [2.75, 3.05) is 20.3 Å². The van der Waals surface area contributed by atoms with E-state index in [4.69, 9.17) is 31.0 Å². The maximum Gasteiger partial charge on any atom is 0.337 e. The topological polar surface area (TPSA) is 74.4 Å². The van der Waals surface area contributed by atoms with Crippen molar-refractivity contribution in [1.29, 1.82) is 0 Å². The quantitative estimate of drug-likeness (QED) is 0.244. The van der Waals surface area contributed by atoms with Crippen molar-refractivity contribution in [3.63, 3.8) is 0 Å². The molecule has 0 radical (unpaired) electrons. The Morgan fingerprint density at radius 2 is 1.98 bits per heavy atom. The first-order chi connectivity index (χ1) is 20.0. The van der Waals surface area contributed by atoms with Crippen LogP contribution in [0.1, 0.15) is 39.6 Å². The smallest absolute Gasteiger partial charge is 0.337 e. The summed E-state index contributed by atoms with van der Waals surface area (Å²) in [7, 11) is 1.39. The van der Waals surface area contributed by atoms with Crippen LogP contribution in [-0.2, 0) is 42.1 Å². The molecule has 0 amide bonds. The highest BCUT2D eigenvalue weighted by Gasteiger charge is 2.26. The molecular formula is C31H29ClFN5O3. The average molecular weight is 574 g/mol. The average Bonchev–Trinajstić information content (AvgIpc) is 3.49. The normalized spacial score (nSPS) is 17.1. The second kappa shape index (κ2) is 10.6. The Balaban J connectivity index is 1.17. The fraction of sp³-hybridized carbons (Fsp3) is 0.323. The van der Waals surface area contributed by atoms with Crippen molar-refractivity contribution in [2.24, 2.45) is 0 Å². The summed E-state index contributed by atoms with van der Waals surface area (Å²) >= 11 is 5.96. The highest BCUT2D eigenvalue weighted by atomic mass is 35.5. The Hall–Kier alpha value is -3.79. The van der Waals surface area contributed by atoms with Gasteiger partial charge < -0.3 is 18.6 Å². The number of fused-ring (bicyclic) bond motifs is 4. The van der Waals surface area contributed by atoms with Gasteiger partial charge in [-0.2, -0.15) is 0 Å². The van der Waals surface area contributed by atoms with Crippen LogP contribution in [0.15, 0.2) is 54.6 Å². The standard InChI is InChI=1S/C31H29ClFN5O3/c1-40-31(39)21-6-8-25-27(14-21)38(16-23-9-12-41-23)28(34-25)17-36-10-11-37-26-4-2-3-20(30(26)35-29(37)18-36)13-19-5-7-22(32)15-24(19)33/h2-8,14-15,23H,9-13,16-18H2,1H3/t23-/m0/s1. The predicted octanol–water partition coefficient (Wildman–Crippen LogP) is 5.36. The summed E-state index contributed by atoms with van der Waals surface area (Å²) in [6.07, 6.45) is 1.59. The minimum absolute atomic E-state index is 0.141. The molecular weight excluding hydrogens is 545 g/mol. The lowest BCUT2D eigenvalue weighted by molar-refractivity contribution is -0.0592. The van der Waals surface area contributed by atoms with Crippen LogP contribution < -0.4 is 0 Å². The van der Waals surface area contributed by atoms with Crippen LogP contribution in [0.2, 0.25) is 5.02 Å². The number of methoxy groups -OCH3 is 1. The van der Waals surface area contributed by atoms with Crippen LogP contribution in [0.25, 0.3) is 22.1 Å². The molecule has 4 heterocycles. The molecule has 0 saturated carbocycles. The van der Waals surface area contributed by atoms with Gasteiger partial charge in [0, 0.05) is 31.1 Å². The number of carbonyl (C=O) groups excluding carboxylic acids is 1. The zero-order chi connectivity index (χ0) is 28.1. The molecule has 41 heavy (non-hydrogen) atoms. The number of carbonyl (C=O) groups is 1. The van der Waals surface area contributed by atoms with Crippen LogP contribution in [0.3, 0.4) is 0 Å². The maximum atomic E-state index is 14.6. The molecule has 8 nitrogen and oxygen atoms in total. The molecule has 5 aromatic rings. The number of aromatic nitrogens is 4. The Labute approximate surface area is 241 Å². The van der Waals surface area contributed by atoms with Crippen molar-refractivity contribution in [3.8, 4) is 0 Å². The summed E-state index contributed by atoms with van der Waals surface area (Å²) in [6.45, 7) is 4.40. The van der Waals surface area contributed by atoms with E-state index in [9.17, 15) is 9.18 Å². The van der Waals surface area contributed by atoms with E-state index in [2.05, 4.69) is 20.1 Å². The number of imidazole rings is 2. The van der Waals surface area contributed by atoms with Gasteiger partial charge >= 0.3 is 5.97 Å². The van der Waals surface area contributed by atoms with Gasteiger partial charge in [-0.05, 0) is 53.9 Å². The number of hydrogen-bond acceptors (Lipinski definition) is 6. The lowest BCUT2D eigenvalue weighted by atomic mass is 10.0. The molecule has 2 aliphatic heterocycles. The van der Waals surface area contributed by atoms with E-state index in [1.165, 1.54) is 13.2 Å². The molecule has 1 atom stereocenters. The molecule has 1 fully saturated rings. The SMILES string of the molecule is COC(=O)c1ccc2nc(CN3CCn4c(nc5c(Cc6ccc(Cl)cc6F)cccc54)C3)n(C[C@@H]3CCO3)c2c1. The highest BCUT2D eigenvalue weighted by molar-refractivity contribution is 6.30.